The number of hydrogen-bond acceptors (Lipinski definition) is 9. The summed E-state index contributed by atoms with van der Waals surface area (Å²) >= 11 is 0. The summed E-state index contributed by atoms with van der Waals surface area (Å²) in [6, 6.07) is 9.68. The second kappa shape index (κ2) is 10.1. The van der Waals surface area contributed by atoms with E-state index in [0.29, 0.717) is 30.5 Å². The molecular formula is C23H29N5O4. The van der Waals surface area contributed by atoms with Crippen molar-refractivity contribution in [2.24, 2.45) is 0 Å². The Labute approximate surface area is 187 Å². The molecule has 170 valence electrons. The fourth-order valence-electron chi connectivity index (χ4n) is 3.70. The van der Waals surface area contributed by atoms with Crippen LogP contribution in [0.3, 0.4) is 0 Å². The first-order valence-electron chi connectivity index (χ1n) is 10.8. The number of benzene rings is 1. The molecule has 0 amide bonds. The van der Waals surface area contributed by atoms with Crippen LogP contribution in [0.4, 0.5) is 5.82 Å². The van der Waals surface area contributed by atoms with E-state index in [-0.39, 0.29) is 12.6 Å². The summed E-state index contributed by atoms with van der Waals surface area (Å²) in [5.41, 5.74) is 3.19. The van der Waals surface area contributed by atoms with E-state index in [1.54, 1.807) is 7.05 Å². The van der Waals surface area contributed by atoms with Crippen LogP contribution in [0.25, 0.3) is 22.6 Å². The van der Waals surface area contributed by atoms with Gasteiger partial charge in [0.05, 0.1) is 29.6 Å². The van der Waals surface area contributed by atoms with E-state index in [9.17, 15) is 5.11 Å². The van der Waals surface area contributed by atoms with Gasteiger partial charge < -0.3 is 29.7 Å². The Morgan fingerprint density at radius 1 is 1.25 bits per heavy atom. The van der Waals surface area contributed by atoms with E-state index in [4.69, 9.17) is 24.0 Å². The summed E-state index contributed by atoms with van der Waals surface area (Å²) < 4.78 is 16.6. The van der Waals surface area contributed by atoms with Crippen molar-refractivity contribution < 1.29 is 19.1 Å². The van der Waals surface area contributed by atoms with Crippen LogP contribution in [0, 0.1) is 13.8 Å². The molecule has 1 saturated heterocycles. The quantitative estimate of drug-likeness (QED) is 0.463. The van der Waals surface area contributed by atoms with Gasteiger partial charge in [-0.25, -0.2) is 9.97 Å². The third-order valence-corrected chi connectivity index (χ3v) is 5.27. The molecule has 0 bridgehead atoms. The van der Waals surface area contributed by atoms with Gasteiger partial charge in [0.15, 0.2) is 5.82 Å². The highest BCUT2D eigenvalue weighted by atomic mass is 16.5. The van der Waals surface area contributed by atoms with Crippen molar-refractivity contribution in [3.63, 3.8) is 0 Å². The molecule has 1 fully saturated rings. The van der Waals surface area contributed by atoms with Crippen LogP contribution in [-0.4, -0.2) is 65.8 Å². The lowest BCUT2D eigenvalue weighted by Gasteiger charge is -2.15. The van der Waals surface area contributed by atoms with Gasteiger partial charge in [0.2, 0.25) is 0 Å². The number of aliphatic hydroxyl groups excluding tert-OH is 1. The molecule has 0 saturated carbocycles. The number of nitrogens with one attached hydrogen (secondary N) is 2. The van der Waals surface area contributed by atoms with Gasteiger partial charge >= 0.3 is 0 Å². The number of likely N-dealkylation sites (N-methyl/N-ethyl adjacent to an activating group) is 1. The van der Waals surface area contributed by atoms with Crippen LogP contribution in [0.1, 0.15) is 17.9 Å². The SMILES string of the molecule is CNCC(O)COc1cccc(-c2nc(N[C@@H]3CCOC3)cc(-c3c(C)noc3C)n2)c1. The zero-order valence-corrected chi connectivity index (χ0v) is 18.6. The minimum absolute atomic E-state index is 0.193. The fourth-order valence-corrected chi connectivity index (χ4v) is 3.70. The lowest BCUT2D eigenvalue weighted by molar-refractivity contribution is 0.108. The number of nitrogens with zero attached hydrogens (tertiary/aromatic N) is 3. The highest BCUT2D eigenvalue weighted by Gasteiger charge is 2.20. The summed E-state index contributed by atoms with van der Waals surface area (Å²) in [6.07, 6.45) is 0.338. The van der Waals surface area contributed by atoms with Crippen molar-refractivity contribution in [3.8, 4) is 28.4 Å². The van der Waals surface area contributed by atoms with Crippen molar-refractivity contribution in [2.75, 3.05) is 38.7 Å². The summed E-state index contributed by atoms with van der Waals surface area (Å²) in [7, 11) is 1.79. The molecule has 4 rings (SSSR count). The minimum Gasteiger partial charge on any atom is -0.491 e. The second-order valence-corrected chi connectivity index (χ2v) is 7.92. The number of rotatable bonds is 9. The van der Waals surface area contributed by atoms with E-state index >= 15 is 0 Å². The largest absolute Gasteiger partial charge is 0.491 e. The Morgan fingerprint density at radius 3 is 2.84 bits per heavy atom. The van der Waals surface area contributed by atoms with Crippen molar-refractivity contribution in [1.29, 1.82) is 0 Å². The zero-order valence-electron chi connectivity index (χ0n) is 18.6. The van der Waals surface area contributed by atoms with Crippen LogP contribution in [0.5, 0.6) is 5.75 Å². The van der Waals surface area contributed by atoms with E-state index in [0.717, 1.165) is 41.4 Å². The summed E-state index contributed by atoms with van der Waals surface area (Å²) in [4.78, 5) is 9.57. The molecule has 32 heavy (non-hydrogen) atoms. The summed E-state index contributed by atoms with van der Waals surface area (Å²) in [6.45, 7) is 5.82. The average molecular weight is 440 g/mol. The van der Waals surface area contributed by atoms with E-state index in [1.165, 1.54) is 0 Å². The number of anilines is 1. The minimum atomic E-state index is -0.591. The summed E-state index contributed by atoms with van der Waals surface area (Å²) in [5, 5.41) is 20.4. The highest BCUT2D eigenvalue weighted by Crippen LogP contribution is 2.30. The fraction of sp³-hybridized carbons (Fsp3) is 0.435. The molecular weight excluding hydrogens is 410 g/mol. The van der Waals surface area contributed by atoms with E-state index < -0.39 is 6.10 Å². The first-order valence-corrected chi connectivity index (χ1v) is 10.8. The predicted octanol–water partition coefficient (Wildman–Crippen LogP) is 2.58. The topological polar surface area (TPSA) is 115 Å². The van der Waals surface area contributed by atoms with Crippen molar-refractivity contribution in [3.05, 3.63) is 41.8 Å². The van der Waals surface area contributed by atoms with Crippen LogP contribution < -0.4 is 15.4 Å². The molecule has 1 aliphatic heterocycles. The number of aryl methyl sites for hydroxylation is 2. The molecule has 2 atom stereocenters. The maximum absolute atomic E-state index is 9.92. The van der Waals surface area contributed by atoms with Crippen LogP contribution in [0.15, 0.2) is 34.9 Å². The van der Waals surface area contributed by atoms with Crippen LogP contribution in [0.2, 0.25) is 0 Å². The van der Waals surface area contributed by atoms with Gasteiger partial charge in [-0.2, -0.15) is 0 Å². The molecule has 3 N–H and O–H groups in total. The van der Waals surface area contributed by atoms with Gasteiger partial charge in [0.25, 0.3) is 0 Å². The Bertz CT molecular complexity index is 1030. The molecule has 0 spiro atoms. The van der Waals surface area contributed by atoms with Gasteiger partial charge in [-0.3, -0.25) is 0 Å². The predicted molar refractivity (Wildman–Crippen MR) is 121 cm³/mol. The Hall–Kier alpha value is -3.01. The van der Waals surface area contributed by atoms with Crippen molar-refractivity contribution in [2.45, 2.75) is 32.4 Å². The number of aliphatic hydroxyl groups is 1. The molecule has 1 unspecified atom stereocenters. The molecule has 0 aliphatic carbocycles. The van der Waals surface area contributed by atoms with E-state index in [2.05, 4.69) is 15.8 Å². The molecule has 3 heterocycles. The number of ether oxygens (including phenoxy) is 2. The molecule has 9 nitrogen and oxygen atoms in total. The monoisotopic (exact) mass is 439 g/mol. The molecule has 0 radical (unpaired) electrons. The lowest BCUT2D eigenvalue weighted by atomic mass is 10.1. The zero-order chi connectivity index (χ0) is 22.5. The van der Waals surface area contributed by atoms with Gasteiger partial charge in [-0.15, -0.1) is 0 Å². The first kappa shape index (κ1) is 22.2. The van der Waals surface area contributed by atoms with Crippen molar-refractivity contribution in [1.82, 2.24) is 20.4 Å². The lowest BCUT2D eigenvalue weighted by Crippen LogP contribution is -2.29. The Kier molecular flexibility index (Phi) is 6.99. The Balaban J connectivity index is 1.66. The highest BCUT2D eigenvalue weighted by molar-refractivity contribution is 5.70. The van der Waals surface area contributed by atoms with Gasteiger partial charge in [0.1, 0.15) is 30.0 Å². The third kappa shape index (κ3) is 5.24. The standard InChI is InChI=1S/C23H29N5O4/c1-14-22(15(2)32-28-14)20-10-21(25-17-7-8-30-12-17)27-23(26-20)16-5-4-6-19(9-16)31-13-18(29)11-24-3/h4-6,9-10,17-18,24,29H,7-8,11-13H2,1-3H3,(H,25,26,27)/t17-,18?/m1/s1. The molecule has 3 aromatic rings. The maximum atomic E-state index is 9.92. The smallest absolute Gasteiger partial charge is 0.162 e. The van der Waals surface area contributed by atoms with Gasteiger partial charge in [-0.05, 0) is 39.4 Å². The normalized spacial score (nSPS) is 16.8. The van der Waals surface area contributed by atoms with Gasteiger partial charge in [-0.1, -0.05) is 17.3 Å². The molecule has 9 heteroatoms. The van der Waals surface area contributed by atoms with Crippen LogP contribution >= 0.6 is 0 Å². The second-order valence-electron chi connectivity index (χ2n) is 7.92. The number of hydrogen-bond donors (Lipinski definition) is 3. The van der Waals surface area contributed by atoms with Crippen molar-refractivity contribution >= 4 is 5.82 Å². The number of aromatic nitrogens is 3. The van der Waals surface area contributed by atoms with Crippen LogP contribution in [-0.2, 0) is 4.74 Å². The maximum Gasteiger partial charge on any atom is 0.162 e. The molecule has 2 aromatic heterocycles. The third-order valence-electron chi connectivity index (χ3n) is 5.27. The van der Waals surface area contributed by atoms with E-state index in [1.807, 2.05) is 44.2 Å². The molecule has 1 aliphatic rings. The van der Waals surface area contributed by atoms with Gasteiger partial charge in [0, 0.05) is 24.8 Å². The Morgan fingerprint density at radius 2 is 2.12 bits per heavy atom. The first-order chi connectivity index (χ1) is 15.5. The summed E-state index contributed by atoms with van der Waals surface area (Å²) in [5.74, 6) is 2.63. The molecule has 1 aromatic carbocycles. The average Bonchev–Trinajstić information content (AvgIpc) is 3.41.